The number of hydrogen-bond acceptors (Lipinski definition) is 2. The summed E-state index contributed by atoms with van der Waals surface area (Å²) in [5.74, 6) is -0.327. The minimum absolute atomic E-state index is 0.0810. The van der Waals surface area contributed by atoms with Gasteiger partial charge in [-0.25, -0.2) is 0 Å². The molecule has 0 heterocycles. The molecule has 1 fully saturated rings. The highest BCUT2D eigenvalue weighted by Crippen LogP contribution is 2.34. The Hall–Kier alpha value is -0.570. The van der Waals surface area contributed by atoms with Crippen LogP contribution < -0.4 is 5.73 Å². The monoisotopic (exact) mass is 171 g/mol. The van der Waals surface area contributed by atoms with Crippen LogP contribution in [-0.2, 0) is 4.79 Å². The van der Waals surface area contributed by atoms with Crippen molar-refractivity contribution in [2.75, 3.05) is 6.61 Å². The Morgan fingerprint density at radius 3 is 2.08 bits per heavy atom. The molecule has 0 saturated heterocycles. The van der Waals surface area contributed by atoms with E-state index in [-0.39, 0.29) is 12.5 Å². The van der Waals surface area contributed by atoms with Crippen molar-refractivity contribution in [3.63, 3.8) is 0 Å². The molecule has 0 radical (unpaired) electrons. The minimum atomic E-state index is -0.601. The number of aliphatic hydroxyl groups excluding tert-OH is 1. The fraction of sp³-hybridized carbons (Fsp3) is 0.889. The molecule has 1 amide bonds. The molecule has 12 heavy (non-hydrogen) atoms. The number of hydrogen-bond donors (Lipinski definition) is 2. The van der Waals surface area contributed by atoms with Gasteiger partial charge < -0.3 is 10.8 Å². The van der Waals surface area contributed by atoms with Gasteiger partial charge >= 0.3 is 0 Å². The number of rotatable bonds is 2. The summed E-state index contributed by atoms with van der Waals surface area (Å²) in [6, 6.07) is 0. The zero-order valence-electron chi connectivity index (χ0n) is 7.38. The van der Waals surface area contributed by atoms with Gasteiger partial charge in [-0.3, -0.25) is 4.79 Å². The molecule has 0 spiro atoms. The second kappa shape index (κ2) is 3.90. The Labute approximate surface area is 72.9 Å². The molecule has 1 saturated carbocycles. The lowest BCUT2D eigenvalue weighted by Gasteiger charge is -2.26. The standard InChI is InChI=1S/C9H17NO2/c10-8(12)9(7-11)5-3-1-2-4-6-9/h11H,1-7H2,(H2,10,12). The lowest BCUT2D eigenvalue weighted by atomic mass is 9.80. The van der Waals surface area contributed by atoms with Crippen LogP contribution >= 0.6 is 0 Å². The maximum atomic E-state index is 11.1. The molecular weight excluding hydrogens is 154 g/mol. The Bertz CT molecular complexity index is 160. The maximum Gasteiger partial charge on any atom is 0.225 e. The zero-order chi connectivity index (χ0) is 9.03. The van der Waals surface area contributed by atoms with Crippen LogP contribution in [0.5, 0.6) is 0 Å². The first kappa shape index (κ1) is 9.52. The van der Waals surface area contributed by atoms with Crippen LogP contribution in [0.3, 0.4) is 0 Å². The van der Waals surface area contributed by atoms with Gasteiger partial charge in [0, 0.05) is 0 Å². The van der Waals surface area contributed by atoms with E-state index in [0.29, 0.717) is 0 Å². The van der Waals surface area contributed by atoms with E-state index in [9.17, 15) is 4.79 Å². The molecule has 0 bridgehead atoms. The van der Waals surface area contributed by atoms with E-state index in [1.165, 1.54) is 0 Å². The summed E-state index contributed by atoms with van der Waals surface area (Å²) >= 11 is 0. The number of nitrogens with two attached hydrogens (primary N) is 1. The van der Waals surface area contributed by atoms with Gasteiger partial charge in [-0.15, -0.1) is 0 Å². The van der Waals surface area contributed by atoms with Crippen molar-refractivity contribution < 1.29 is 9.90 Å². The molecule has 3 heteroatoms. The van der Waals surface area contributed by atoms with Gasteiger partial charge in [-0.2, -0.15) is 0 Å². The van der Waals surface area contributed by atoms with Crippen LogP contribution in [0.1, 0.15) is 38.5 Å². The van der Waals surface area contributed by atoms with E-state index in [1.54, 1.807) is 0 Å². The summed E-state index contributed by atoms with van der Waals surface area (Å²) in [6.45, 7) is -0.0810. The average molecular weight is 171 g/mol. The molecule has 3 nitrogen and oxygen atoms in total. The summed E-state index contributed by atoms with van der Waals surface area (Å²) in [6.07, 6.45) is 5.88. The lowest BCUT2D eigenvalue weighted by molar-refractivity contribution is -0.130. The van der Waals surface area contributed by atoms with Crippen molar-refractivity contribution in [1.29, 1.82) is 0 Å². The number of aliphatic hydroxyl groups is 1. The van der Waals surface area contributed by atoms with Crippen molar-refractivity contribution in [2.45, 2.75) is 38.5 Å². The second-order valence-electron chi connectivity index (χ2n) is 3.72. The third-order valence-corrected chi connectivity index (χ3v) is 2.89. The highest BCUT2D eigenvalue weighted by atomic mass is 16.3. The van der Waals surface area contributed by atoms with Crippen LogP contribution in [0.4, 0.5) is 0 Å². The van der Waals surface area contributed by atoms with E-state index >= 15 is 0 Å². The predicted molar refractivity (Wildman–Crippen MR) is 46.4 cm³/mol. The molecule has 0 aromatic heterocycles. The summed E-state index contributed by atoms with van der Waals surface area (Å²) in [5.41, 5.74) is 4.68. The van der Waals surface area contributed by atoms with Crippen molar-refractivity contribution in [3.8, 4) is 0 Å². The zero-order valence-corrected chi connectivity index (χ0v) is 7.38. The topological polar surface area (TPSA) is 63.3 Å². The number of amides is 1. The van der Waals surface area contributed by atoms with Gasteiger partial charge in [0.2, 0.25) is 5.91 Å². The van der Waals surface area contributed by atoms with E-state index in [4.69, 9.17) is 10.8 Å². The van der Waals surface area contributed by atoms with E-state index in [1.807, 2.05) is 0 Å². The third-order valence-electron chi connectivity index (χ3n) is 2.89. The van der Waals surface area contributed by atoms with Crippen molar-refractivity contribution in [2.24, 2.45) is 11.1 Å². The fourth-order valence-electron chi connectivity index (χ4n) is 1.89. The highest BCUT2D eigenvalue weighted by Gasteiger charge is 2.35. The summed E-state index contributed by atoms with van der Waals surface area (Å²) in [4.78, 5) is 11.1. The van der Waals surface area contributed by atoms with Crippen LogP contribution in [0.2, 0.25) is 0 Å². The van der Waals surface area contributed by atoms with E-state index < -0.39 is 5.41 Å². The van der Waals surface area contributed by atoms with Gasteiger partial charge in [0.05, 0.1) is 12.0 Å². The molecule has 0 atom stereocenters. The summed E-state index contributed by atoms with van der Waals surface area (Å²) in [7, 11) is 0. The largest absolute Gasteiger partial charge is 0.395 e. The SMILES string of the molecule is NC(=O)C1(CO)CCCCCC1. The van der Waals surface area contributed by atoms with Crippen LogP contribution in [0, 0.1) is 5.41 Å². The van der Waals surface area contributed by atoms with Crippen molar-refractivity contribution >= 4 is 5.91 Å². The number of carbonyl (C=O) groups excluding carboxylic acids is 1. The summed E-state index contributed by atoms with van der Waals surface area (Å²) in [5, 5.41) is 9.14. The predicted octanol–water partition coefficient (Wildman–Crippen LogP) is 0.805. The molecular formula is C9H17NO2. The Morgan fingerprint density at radius 1 is 1.25 bits per heavy atom. The van der Waals surface area contributed by atoms with E-state index in [2.05, 4.69) is 0 Å². The van der Waals surface area contributed by atoms with E-state index in [0.717, 1.165) is 38.5 Å². The van der Waals surface area contributed by atoms with Gasteiger partial charge in [0.1, 0.15) is 0 Å². The smallest absolute Gasteiger partial charge is 0.225 e. The number of primary amides is 1. The molecule has 1 aliphatic carbocycles. The Balaban J connectivity index is 2.68. The average Bonchev–Trinajstić information content (AvgIpc) is 2.29. The Morgan fingerprint density at radius 2 is 1.75 bits per heavy atom. The first-order chi connectivity index (χ1) is 5.71. The van der Waals surface area contributed by atoms with Crippen LogP contribution in [0.15, 0.2) is 0 Å². The third kappa shape index (κ3) is 1.78. The molecule has 3 N–H and O–H groups in total. The lowest BCUT2D eigenvalue weighted by Crippen LogP contribution is -2.39. The second-order valence-corrected chi connectivity index (χ2v) is 3.72. The maximum absolute atomic E-state index is 11.1. The Kier molecular flexibility index (Phi) is 3.09. The molecule has 0 unspecified atom stereocenters. The first-order valence-corrected chi connectivity index (χ1v) is 4.62. The highest BCUT2D eigenvalue weighted by molar-refractivity contribution is 5.80. The molecule has 0 aromatic carbocycles. The first-order valence-electron chi connectivity index (χ1n) is 4.62. The molecule has 1 rings (SSSR count). The van der Waals surface area contributed by atoms with Gasteiger partial charge in [0.25, 0.3) is 0 Å². The quantitative estimate of drug-likeness (QED) is 0.604. The minimum Gasteiger partial charge on any atom is -0.395 e. The normalized spacial score (nSPS) is 23.1. The van der Waals surface area contributed by atoms with Crippen molar-refractivity contribution in [3.05, 3.63) is 0 Å². The summed E-state index contributed by atoms with van der Waals surface area (Å²) < 4.78 is 0. The van der Waals surface area contributed by atoms with Gasteiger partial charge in [0.15, 0.2) is 0 Å². The fourth-order valence-corrected chi connectivity index (χ4v) is 1.89. The van der Waals surface area contributed by atoms with Crippen LogP contribution in [-0.4, -0.2) is 17.6 Å². The van der Waals surface area contributed by atoms with Gasteiger partial charge in [-0.05, 0) is 12.8 Å². The molecule has 0 aromatic rings. The van der Waals surface area contributed by atoms with Crippen LogP contribution in [0.25, 0.3) is 0 Å². The number of carbonyl (C=O) groups is 1. The molecule has 0 aliphatic heterocycles. The van der Waals surface area contributed by atoms with Crippen molar-refractivity contribution in [1.82, 2.24) is 0 Å². The molecule has 1 aliphatic rings. The van der Waals surface area contributed by atoms with Gasteiger partial charge in [-0.1, -0.05) is 25.7 Å². The molecule has 70 valence electrons.